The van der Waals surface area contributed by atoms with Gasteiger partial charge in [-0.2, -0.15) is 0 Å². The predicted octanol–water partition coefficient (Wildman–Crippen LogP) is 5.35. The van der Waals surface area contributed by atoms with Gasteiger partial charge >= 0.3 is 0 Å². The molecule has 1 N–H and O–H groups in total. The lowest BCUT2D eigenvalue weighted by molar-refractivity contribution is 0.456. The minimum absolute atomic E-state index is 0.631. The van der Waals surface area contributed by atoms with Gasteiger partial charge in [0.2, 0.25) is 0 Å². The summed E-state index contributed by atoms with van der Waals surface area (Å²) >= 11 is 5.48. The summed E-state index contributed by atoms with van der Waals surface area (Å²) in [6.45, 7) is 7.96. The average Bonchev–Trinajstić information content (AvgIpc) is 2.37. The van der Waals surface area contributed by atoms with E-state index in [1.807, 2.05) is 11.8 Å². The van der Waals surface area contributed by atoms with E-state index in [0.29, 0.717) is 6.04 Å². The molecule has 1 aromatic carbocycles. The van der Waals surface area contributed by atoms with Crippen LogP contribution in [0.3, 0.4) is 0 Å². The summed E-state index contributed by atoms with van der Waals surface area (Å²) in [4.78, 5) is 1.35. The smallest absolute Gasteiger partial charge is 0.0186 e. The maximum Gasteiger partial charge on any atom is 0.0186 e. The maximum absolute atomic E-state index is 3.68. The second-order valence-electron chi connectivity index (χ2n) is 5.39. The zero-order valence-electron chi connectivity index (χ0n) is 12.3. The Hall–Kier alpha value is 0.01000. The molecule has 0 heterocycles. The molecule has 3 heteroatoms. The van der Waals surface area contributed by atoms with Gasteiger partial charge in [0.1, 0.15) is 0 Å². The molecule has 0 aliphatic heterocycles. The number of hydrogen-bond acceptors (Lipinski definition) is 2. The molecule has 0 aliphatic rings. The molecule has 0 aliphatic carbocycles. The Bertz CT molecular complexity index is 354. The molecule has 1 atom stereocenters. The van der Waals surface area contributed by atoms with E-state index < -0.39 is 0 Å². The van der Waals surface area contributed by atoms with Crippen LogP contribution in [-0.2, 0) is 0 Å². The van der Waals surface area contributed by atoms with Crippen molar-refractivity contribution in [2.75, 3.05) is 12.3 Å². The summed E-state index contributed by atoms with van der Waals surface area (Å²) < 4.78 is 1.16. The monoisotopic (exact) mass is 343 g/mol. The molecule has 108 valence electrons. The van der Waals surface area contributed by atoms with E-state index in [1.54, 1.807) is 0 Å². The first-order valence-corrected chi connectivity index (χ1v) is 9.01. The second kappa shape index (κ2) is 9.84. The third-order valence-corrected chi connectivity index (χ3v) is 4.67. The van der Waals surface area contributed by atoms with Gasteiger partial charge in [-0.25, -0.2) is 0 Å². The van der Waals surface area contributed by atoms with Crippen LogP contribution in [0.2, 0.25) is 0 Å². The number of hydrogen-bond donors (Lipinski definition) is 1. The van der Waals surface area contributed by atoms with Gasteiger partial charge in [-0.3, -0.25) is 0 Å². The first-order chi connectivity index (χ1) is 9.11. The van der Waals surface area contributed by atoms with Crippen LogP contribution in [0.25, 0.3) is 0 Å². The Balaban J connectivity index is 2.42. The molecule has 0 aromatic heterocycles. The maximum atomic E-state index is 3.68. The van der Waals surface area contributed by atoms with Crippen LogP contribution in [0, 0.1) is 5.92 Å². The Morgan fingerprint density at radius 2 is 2.05 bits per heavy atom. The predicted molar refractivity (Wildman–Crippen MR) is 91.0 cm³/mol. The molecule has 0 radical (unpaired) electrons. The first-order valence-electron chi connectivity index (χ1n) is 7.23. The van der Waals surface area contributed by atoms with Gasteiger partial charge in [-0.1, -0.05) is 42.8 Å². The fourth-order valence-electron chi connectivity index (χ4n) is 1.88. The lowest BCUT2D eigenvalue weighted by Crippen LogP contribution is -2.32. The number of rotatable bonds is 9. The van der Waals surface area contributed by atoms with Gasteiger partial charge in [-0.05, 0) is 49.9 Å². The Morgan fingerprint density at radius 1 is 1.26 bits per heavy atom. The summed E-state index contributed by atoms with van der Waals surface area (Å²) in [5.74, 6) is 1.95. The van der Waals surface area contributed by atoms with Crippen LogP contribution >= 0.6 is 27.7 Å². The molecule has 0 bridgehead atoms. The second-order valence-corrected chi connectivity index (χ2v) is 7.40. The van der Waals surface area contributed by atoms with E-state index in [0.717, 1.165) is 22.7 Å². The van der Waals surface area contributed by atoms with Crippen molar-refractivity contribution in [1.82, 2.24) is 5.32 Å². The molecular formula is C16H26BrNS. The molecule has 19 heavy (non-hydrogen) atoms. The fraction of sp³-hybridized carbons (Fsp3) is 0.625. The molecule has 0 amide bonds. The van der Waals surface area contributed by atoms with Crippen molar-refractivity contribution in [1.29, 1.82) is 0 Å². The van der Waals surface area contributed by atoms with Crippen LogP contribution < -0.4 is 5.32 Å². The SMILES string of the molecule is CCCNC(CCC(C)C)CSc1cccc(Br)c1. The highest BCUT2D eigenvalue weighted by Gasteiger charge is 2.09. The van der Waals surface area contributed by atoms with Crippen molar-refractivity contribution in [3.63, 3.8) is 0 Å². The van der Waals surface area contributed by atoms with Crippen molar-refractivity contribution < 1.29 is 0 Å². The van der Waals surface area contributed by atoms with Crippen LogP contribution in [-0.4, -0.2) is 18.3 Å². The summed E-state index contributed by atoms with van der Waals surface area (Å²) in [5, 5.41) is 3.68. The van der Waals surface area contributed by atoms with Gasteiger partial charge in [0, 0.05) is 21.2 Å². The van der Waals surface area contributed by atoms with Gasteiger partial charge in [0.25, 0.3) is 0 Å². The van der Waals surface area contributed by atoms with Crippen LogP contribution in [0.4, 0.5) is 0 Å². The molecule has 0 spiro atoms. The summed E-state index contributed by atoms with van der Waals surface area (Å²) in [5.41, 5.74) is 0. The fourth-order valence-corrected chi connectivity index (χ4v) is 3.49. The Labute approximate surface area is 131 Å². The molecule has 1 nitrogen and oxygen atoms in total. The van der Waals surface area contributed by atoms with Crippen molar-refractivity contribution >= 4 is 27.7 Å². The van der Waals surface area contributed by atoms with Crippen molar-refractivity contribution in [2.45, 2.75) is 51.0 Å². The Morgan fingerprint density at radius 3 is 2.68 bits per heavy atom. The summed E-state index contributed by atoms with van der Waals surface area (Å²) in [7, 11) is 0. The van der Waals surface area contributed by atoms with E-state index in [2.05, 4.69) is 66.3 Å². The molecule has 0 saturated heterocycles. The summed E-state index contributed by atoms with van der Waals surface area (Å²) in [6.07, 6.45) is 3.79. The molecule has 1 unspecified atom stereocenters. The molecule has 0 fully saturated rings. The van der Waals surface area contributed by atoms with Crippen LogP contribution in [0.15, 0.2) is 33.6 Å². The third kappa shape index (κ3) is 8.01. The third-order valence-electron chi connectivity index (χ3n) is 3.02. The minimum atomic E-state index is 0.631. The highest BCUT2D eigenvalue weighted by molar-refractivity contribution is 9.10. The van der Waals surface area contributed by atoms with E-state index in [-0.39, 0.29) is 0 Å². The highest BCUT2D eigenvalue weighted by atomic mass is 79.9. The lowest BCUT2D eigenvalue weighted by Gasteiger charge is -2.19. The highest BCUT2D eigenvalue weighted by Crippen LogP contribution is 2.23. The van der Waals surface area contributed by atoms with E-state index in [1.165, 1.54) is 24.2 Å². The van der Waals surface area contributed by atoms with Crippen molar-refractivity contribution in [2.24, 2.45) is 5.92 Å². The van der Waals surface area contributed by atoms with Gasteiger partial charge in [-0.15, -0.1) is 11.8 Å². The topological polar surface area (TPSA) is 12.0 Å². The van der Waals surface area contributed by atoms with Crippen molar-refractivity contribution in [3.05, 3.63) is 28.7 Å². The first kappa shape index (κ1) is 17.1. The Kier molecular flexibility index (Phi) is 8.84. The number of halogens is 1. The number of thioether (sulfide) groups is 1. The average molecular weight is 344 g/mol. The molecular weight excluding hydrogens is 318 g/mol. The zero-order valence-corrected chi connectivity index (χ0v) is 14.7. The lowest BCUT2D eigenvalue weighted by atomic mass is 10.0. The molecule has 1 rings (SSSR count). The number of benzene rings is 1. The zero-order chi connectivity index (χ0) is 14.1. The molecule has 1 aromatic rings. The van der Waals surface area contributed by atoms with Crippen molar-refractivity contribution in [3.8, 4) is 0 Å². The standard InChI is InChI=1S/C16H26BrNS/c1-4-10-18-15(9-8-13(2)3)12-19-16-7-5-6-14(17)11-16/h5-7,11,13,15,18H,4,8-10,12H2,1-3H3. The normalized spacial score (nSPS) is 12.9. The van der Waals surface area contributed by atoms with Gasteiger partial charge < -0.3 is 5.32 Å². The van der Waals surface area contributed by atoms with E-state index in [9.17, 15) is 0 Å². The van der Waals surface area contributed by atoms with Crippen LogP contribution in [0.1, 0.15) is 40.0 Å². The van der Waals surface area contributed by atoms with Crippen LogP contribution in [0.5, 0.6) is 0 Å². The largest absolute Gasteiger partial charge is 0.313 e. The quantitative estimate of drug-likeness (QED) is 0.607. The number of nitrogens with one attached hydrogen (secondary N) is 1. The van der Waals surface area contributed by atoms with Gasteiger partial charge in [0.15, 0.2) is 0 Å². The van der Waals surface area contributed by atoms with E-state index in [4.69, 9.17) is 0 Å². The molecule has 0 saturated carbocycles. The summed E-state index contributed by atoms with van der Waals surface area (Å²) in [6, 6.07) is 9.20. The van der Waals surface area contributed by atoms with Gasteiger partial charge in [0.05, 0.1) is 0 Å². The minimum Gasteiger partial charge on any atom is -0.313 e. The van der Waals surface area contributed by atoms with E-state index >= 15 is 0 Å².